The van der Waals surface area contributed by atoms with Gasteiger partial charge in [-0.3, -0.25) is 4.79 Å². The molecule has 18 heavy (non-hydrogen) atoms. The van der Waals surface area contributed by atoms with Crippen molar-refractivity contribution in [1.82, 2.24) is 5.32 Å². The van der Waals surface area contributed by atoms with E-state index in [1.807, 2.05) is 18.2 Å². The fraction of sp³-hybridized carbons (Fsp3) is 0.385. The fourth-order valence-electron chi connectivity index (χ4n) is 1.57. The van der Waals surface area contributed by atoms with E-state index in [4.69, 9.17) is 16.3 Å². The Morgan fingerprint density at radius 1 is 1.39 bits per heavy atom. The minimum absolute atomic E-state index is 0.275. The third-order valence-corrected chi connectivity index (χ3v) is 2.70. The molecule has 1 amide bonds. The van der Waals surface area contributed by atoms with Gasteiger partial charge in [-0.25, -0.2) is 4.79 Å². The van der Waals surface area contributed by atoms with Gasteiger partial charge in [-0.05, 0) is 18.6 Å². The topological polar surface area (TPSA) is 55.4 Å². The summed E-state index contributed by atoms with van der Waals surface area (Å²) in [6.45, 7) is 3.36. The summed E-state index contributed by atoms with van der Waals surface area (Å²) in [5.74, 6) is -0.729. The molecule has 0 radical (unpaired) electrons. The molecule has 0 aliphatic rings. The number of halogens is 1. The predicted octanol–water partition coefficient (Wildman–Crippen LogP) is 1.95. The third kappa shape index (κ3) is 4.37. The number of hydrogen-bond donors (Lipinski definition) is 1. The monoisotopic (exact) mass is 269 g/mol. The third-order valence-electron chi connectivity index (χ3n) is 2.33. The van der Waals surface area contributed by atoms with Gasteiger partial charge in [-0.15, -0.1) is 0 Å². The molecule has 0 spiro atoms. The van der Waals surface area contributed by atoms with Gasteiger partial charge in [-0.1, -0.05) is 29.8 Å². The minimum Gasteiger partial charge on any atom is -0.464 e. The van der Waals surface area contributed by atoms with Crippen LogP contribution >= 0.6 is 11.6 Å². The van der Waals surface area contributed by atoms with E-state index in [9.17, 15) is 9.59 Å². The van der Waals surface area contributed by atoms with E-state index < -0.39 is 12.0 Å². The Hall–Kier alpha value is -1.55. The zero-order chi connectivity index (χ0) is 13.5. The molecule has 1 atom stereocenters. The van der Waals surface area contributed by atoms with E-state index in [1.54, 1.807) is 13.0 Å². The van der Waals surface area contributed by atoms with Gasteiger partial charge >= 0.3 is 5.97 Å². The van der Waals surface area contributed by atoms with Crippen molar-refractivity contribution in [3.63, 3.8) is 0 Å². The quantitative estimate of drug-likeness (QED) is 0.832. The number of benzene rings is 1. The van der Waals surface area contributed by atoms with Crippen LogP contribution in [0.15, 0.2) is 24.3 Å². The molecule has 98 valence electrons. The van der Waals surface area contributed by atoms with Gasteiger partial charge < -0.3 is 10.1 Å². The second-order valence-corrected chi connectivity index (χ2v) is 4.21. The van der Waals surface area contributed by atoms with Crippen molar-refractivity contribution >= 4 is 23.5 Å². The van der Waals surface area contributed by atoms with Crippen molar-refractivity contribution in [3.05, 3.63) is 34.9 Å². The molecule has 0 aliphatic heterocycles. The highest BCUT2D eigenvalue weighted by molar-refractivity contribution is 6.31. The lowest BCUT2D eigenvalue weighted by Gasteiger charge is -2.16. The highest BCUT2D eigenvalue weighted by Gasteiger charge is 2.21. The second-order valence-electron chi connectivity index (χ2n) is 3.80. The number of carbonyl (C=O) groups excluding carboxylic acids is 2. The Bertz CT molecular complexity index is 434. The predicted molar refractivity (Wildman–Crippen MR) is 69.4 cm³/mol. The maximum Gasteiger partial charge on any atom is 0.328 e. The maximum atomic E-state index is 11.7. The summed E-state index contributed by atoms with van der Waals surface area (Å²) in [5.41, 5.74) is 0.797. The average molecular weight is 270 g/mol. The van der Waals surface area contributed by atoms with Crippen LogP contribution in [0.2, 0.25) is 5.02 Å². The summed E-state index contributed by atoms with van der Waals surface area (Å²) in [6.07, 6.45) is 0.318. The summed E-state index contributed by atoms with van der Waals surface area (Å²) >= 11 is 6.02. The largest absolute Gasteiger partial charge is 0.464 e. The highest BCUT2D eigenvalue weighted by atomic mass is 35.5. The number of ether oxygens (including phenoxy) is 1. The van der Waals surface area contributed by atoms with Crippen LogP contribution in [0.1, 0.15) is 19.4 Å². The van der Waals surface area contributed by atoms with Gasteiger partial charge in [0.15, 0.2) is 0 Å². The van der Waals surface area contributed by atoms with E-state index >= 15 is 0 Å². The first-order valence-corrected chi connectivity index (χ1v) is 6.09. The highest BCUT2D eigenvalue weighted by Crippen LogP contribution is 2.17. The van der Waals surface area contributed by atoms with Crippen molar-refractivity contribution in [1.29, 1.82) is 0 Å². The number of nitrogens with one attached hydrogen (secondary N) is 1. The smallest absolute Gasteiger partial charge is 0.328 e. The molecule has 0 saturated carbocycles. The van der Waals surface area contributed by atoms with Gasteiger partial charge in [0, 0.05) is 18.4 Å². The molecule has 5 heteroatoms. The fourth-order valence-corrected chi connectivity index (χ4v) is 1.78. The van der Waals surface area contributed by atoms with E-state index in [0.29, 0.717) is 11.4 Å². The van der Waals surface area contributed by atoms with Crippen LogP contribution in [0.3, 0.4) is 0 Å². The summed E-state index contributed by atoms with van der Waals surface area (Å²) < 4.78 is 4.92. The molecule has 1 aromatic rings. The Labute approximate surface area is 111 Å². The summed E-state index contributed by atoms with van der Waals surface area (Å²) in [6, 6.07) is 6.49. The average Bonchev–Trinajstić information content (AvgIpc) is 2.31. The van der Waals surface area contributed by atoms with Gasteiger partial charge in [-0.2, -0.15) is 0 Å². The Kier molecular flexibility index (Phi) is 5.65. The molecule has 1 rings (SSSR count). The molecule has 0 heterocycles. The molecule has 0 fully saturated rings. The SMILES string of the molecule is CCOC(=O)[C@@H](Cc1ccccc1Cl)NC(C)=O. The van der Waals surface area contributed by atoms with Crippen LogP contribution in [0.5, 0.6) is 0 Å². The van der Waals surface area contributed by atoms with Crippen molar-refractivity contribution in [3.8, 4) is 0 Å². The normalized spacial score (nSPS) is 11.7. The molecule has 0 aromatic heterocycles. The van der Waals surface area contributed by atoms with Crippen LogP contribution in [0, 0.1) is 0 Å². The summed E-state index contributed by atoms with van der Waals surface area (Å²) in [4.78, 5) is 22.8. The van der Waals surface area contributed by atoms with Gasteiger partial charge in [0.1, 0.15) is 6.04 Å². The molecule has 0 bridgehead atoms. The van der Waals surface area contributed by atoms with Crippen LogP contribution in [-0.4, -0.2) is 24.5 Å². The standard InChI is InChI=1S/C13H16ClNO3/c1-3-18-13(17)12(15-9(2)16)8-10-6-4-5-7-11(10)14/h4-7,12H,3,8H2,1-2H3,(H,15,16)/t12-/m1/s1. The van der Waals surface area contributed by atoms with Crippen molar-refractivity contribution in [2.24, 2.45) is 0 Å². The van der Waals surface area contributed by atoms with Crippen LogP contribution in [-0.2, 0) is 20.7 Å². The lowest BCUT2D eigenvalue weighted by molar-refractivity contribution is -0.147. The molecular formula is C13H16ClNO3. The van der Waals surface area contributed by atoms with Crippen LogP contribution < -0.4 is 5.32 Å². The van der Waals surface area contributed by atoms with Crippen LogP contribution in [0.4, 0.5) is 0 Å². The van der Waals surface area contributed by atoms with E-state index in [2.05, 4.69) is 5.32 Å². The summed E-state index contributed by atoms with van der Waals surface area (Å²) in [5, 5.41) is 3.13. The molecule has 4 nitrogen and oxygen atoms in total. The zero-order valence-electron chi connectivity index (χ0n) is 10.4. The Morgan fingerprint density at radius 2 is 2.06 bits per heavy atom. The maximum absolute atomic E-state index is 11.7. The van der Waals surface area contributed by atoms with Crippen LogP contribution in [0.25, 0.3) is 0 Å². The number of amides is 1. The molecule has 1 N–H and O–H groups in total. The number of rotatable bonds is 5. The first kappa shape index (κ1) is 14.5. The first-order valence-electron chi connectivity index (χ1n) is 5.71. The van der Waals surface area contributed by atoms with E-state index in [0.717, 1.165) is 5.56 Å². The molecular weight excluding hydrogens is 254 g/mol. The van der Waals surface area contributed by atoms with Crippen molar-refractivity contribution in [2.45, 2.75) is 26.3 Å². The Balaban J connectivity index is 2.81. The number of esters is 1. The zero-order valence-corrected chi connectivity index (χ0v) is 11.2. The van der Waals surface area contributed by atoms with Crippen molar-refractivity contribution < 1.29 is 14.3 Å². The van der Waals surface area contributed by atoms with Gasteiger partial charge in [0.05, 0.1) is 6.61 Å². The minimum atomic E-state index is -0.706. The number of carbonyl (C=O) groups is 2. The first-order chi connectivity index (χ1) is 8.54. The molecule has 0 saturated heterocycles. The lowest BCUT2D eigenvalue weighted by atomic mass is 10.1. The lowest BCUT2D eigenvalue weighted by Crippen LogP contribution is -2.42. The van der Waals surface area contributed by atoms with Crippen molar-refractivity contribution in [2.75, 3.05) is 6.61 Å². The number of hydrogen-bond acceptors (Lipinski definition) is 3. The second kappa shape index (κ2) is 7.01. The van der Waals surface area contributed by atoms with E-state index in [1.165, 1.54) is 6.92 Å². The van der Waals surface area contributed by atoms with Gasteiger partial charge in [0.25, 0.3) is 0 Å². The molecule has 1 aromatic carbocycles. The summed E-state index contributed by atoms with van der Waals surface area (Å²) in [7, 11) is 0. The van der Waals surface area contributed by atoms with Gasteiger partial charge in [0.2, 0.25) is 5.91 Å². The molecule has 0 aliphatic carbocycles. The Morgan fingerprint density at radius 3 is 2.61 bits per heavy atom. The molecule has 0 unspecified atom stereocenters. The van der Waals surface area contributed by atoms with E-state index in [-0.39, 0.29) is 12.5 Å².